The lowest BCUT2D eigenvalue weighted by Crippen LogP contribution is -2.41. The fourth-order valence-corrected chi connectivity index (χ4v) is 2.03. The first-order valence-corrected chi connectivity index (χ1v) is 6.52. The van der Waals surface area contributed by atoms with Gasteiger partial charge < -0.3 is 23.9 Å². The van der Waals surface area contributed by atoms with Gasteiger partial charge in [0.2, 0.25) is 5.75 Å². The van der Waals surface area contributed by atoms with Gasteiger partial charge in [0, 0.05) is 0 Å². The van der Waals surface area contributed by atoms with Crippen molar-refractivity contribution in [2.45, 2.75) is 38.9 Å². The van der Waals surface area contributed by atoms with Crippen molar-refractivity contribution in [2.24, 2.45) is 0 Å². The quantitative estimate of drug-likeness (QED) is 0.854. The highest BCUT2D eigenvalue weighted by molar-refractivity contribution is 6.62. The van der Waals surface area contributed by atoms with Crippen molar-refractivity contribution in [3.05, 3.63) is 12.1 Å². The van der Waals surface area contributed by atoms with Crippen LogP contribution in [-0.2, 0) is 9.31 Å². The Morgan fingerprint density at radius 3 is 1.70 bits per heavy atom. The molecule has 0 unspecified atom stereocenters. The third-order valence-corrected chi connectivity index (χ3v) is 4.03. The lowest BCUT2D eigenvalue weighted by atomic mass is 9.79. The van der Waals surface area contributed by atoms with Gasteiger partial charge in [-0.1, -0.05) is 0 Å². The van der Waals surface area contributed by atoms with Gasteiger partial charge in [-0.05, 0) is 45.3 Å². The van der Waals surface area contributed by atoms with Crippen LogP contribution in [0.3, 0.4) is 0 Å². The summed E-state index contributed by atoms with van der Waals surface area (Å²) in [4.78, 5) is 0. The number of benzene rings is 1. The van der Waals surface area contributed by atoms with Gasteiger partial charge in [0.15, 0.2) is 11.5 Å². The Morgan fingerprint density at radius 2 is 1.35 bits per heavy atom. The van der Waals surface area contributed by atoms with Gasteiger partial charge in [-0.3, -0.25) is 0 Å². The minimum Gasteiger partial charge on any atom is -0.502 e. The van der Waals surface area contributed by atoms with Crippen LogP contribution in [0.15, 0.2) is 12.1 Å². The molecule has 1 N–H and O–H groups in total. The van der Waals surface area contributed by atoms with E-state index in [-0.39, 0.29) is 5.75 Å². The second-order valence-corrected chi connectivity index (χ2v) is 5.86. The van der Waals surface area contributed by atoms with E-state index in [1.807, 2.05) is 27.7 Å². The van der Waals surface area contributed by atoms with Crippen molar-refractivity contribution in [1.82, 2.24) is 0 Å². The summed E-state index contributed by atoms with van der Waals surface area (Å²) in [5.74, 6) is 0.624. The number of methoxy groups -OCH3 is 2. The van der Waals surface area contributed by atoms with E-state index in [1.165, 1.54) is 14.2 Å². The summed E-state index contributed by atoms with van der Waals surface area (Å²) >= 11 is 0. The Balaban J connectivity index is 2.40. The number of phenolic OH excluding ortho intramolecular Hbond substituents is 1. The molecule has 1 aromatic rings. The van der Waals surface area contributed by atoms with Crippen molar-refractivity contribution >= 4 is 12.6 Å². The van der Waals surface area contributed by atoms with Crippen LogP contribution < -0.4 is 14.9 Å². The Bertz CT molecular complexity index is 471. The second-order valence-electron chi connectivity index (χ2n) is 5.86. The zero-order valence-corrected chi connectivity index (χ0v) is 12.8. The van der Waals surface area contributed by atoms with Crippen LogP contribution in [-0.4, -0.2) is 37.6 Å². The lowest BCUT2D eigenvalue weighted by Gasteiger charge is -2.32. The number of phenols is 1. The first-order chi connectivity index (χ1) is 9.21. The zero-order valence-electron chi connectivity index (χ0n) is 12.8. The molecule has 1 aliphatic rings. The van der Waals surface area contributed by atoms with E-state index < -0.39 is 18.3 Å². The highest BCUT2D eigenvalue weighted by Gasteiger charge is 2.52. The van der Waals surface area contributed by atoms with Crippen molar-refractivity contribution in [3.63, 3.8) is 0 Å². The SMILES string of the molecule is COc1cc(B2OC(C)(C)C(C)(C)O2)cc(OC)c1O. The van der Waals surface area contributed by atoms with Crippen molar-refractivity contribution in [3.8, 4) is 17.2 Å². The molecule has 110 valence electrons. The standard InChI is InChI=1S/C14H21BO5/c1-13(2)14(3,4)20-15(19-13)9-7-10(17-5)12(16)11(8-9)18-6/h7-8,16H,1-6H3. The van der Waals surface area contributed by atoms with E-state index >= 15 is 0 Å². The first kappa shape index (κ1) is 15.0. The van der Waals surface area contributed by atoms with Gasteiger partial charge in [-0.25, -0.2) is 0 Å². The summed E-state index contributed by atoms with van der Waals surface area (Å²) in [5.41, 5.74) is -0.0957. The third-order valence-electron chi connectivity index (χ3n) is 4.03. The van der Waals surface area contributed by atoms with E-state index in [2.05, 4.69) is 0 Å². The molecule has 0 amide bonds. The molecular weight excluding hydrogens is 259 g/mol. The number of aromatic hydroxyl groups is 1. The van der Waals surface area contributed by atoms with E-state index in [0.717, 1.165) is 5.46 Å². The molecule has 0 radical (unpaired) electrons. The summed E-state index contributed by atoms with van der Waals surface area (Å²) in [6.07, 6.45) is 0. The minimum absolute atomic E-state index is 0.0322. The topological polar surface area (TPSA) is 57.2 Å². The lowest BCUT2D eigenvalue weighted by molar-refractivity contribution is 0.00578. The van der Waals surface area contributed by atoms with E-state index in [0.29, 0.717) is 11.5 Å². The molecule has 0 atom stereocenters. The molecule has 0 saturated carbocycles. The first-order valence-electron chi connectivity index (χ1n) is 6.52. The number of hydrogen-bond donors (Lipinski definition) is 1. The van der Waals surface area contributed by atoms with Crippen LogP contribution in [0.5, 0.6) is 17.2 Å². The molecule has 2 rings (SSSR count). The van der Waals surface area contributed by atoms with Crippen LogP contribution in [0, 0.1) is 0 Å². The van der Waals surface area contributed by atoms with Gasteiger partial charge in [-0.15, -0.1) is 0 Å². The Labute approximate surface area is 119 Å². The molecule has 6 heteroatoms. The van der Waals surface area contributed by atoms with Gasteiger partial charge in [0.05, 0.1) is 25.4 Å². The molecule has 1 aliphatic heterocycles. The minimum atomic E-state index is -0.525. The normalized spacial score (nSPS) is 20.0. The van der Waals surface area contributed by atoms with Crippen LogP contribution in [0.2, 0.25) is 0 Å². The predicted octanol–water partition coefficient (Wildman–Crippen LogP) is 1.71. The molecule has 1 aromatic carbocycles. The van der Waals surface area contributed by atoms with Gasteiger partial charge in [-0.2, -0.15) is 0 Å². The molecule has 1 fully saturated rings. The fraction of sp³-hybridized carbons (Fsp3) is 0.571. The highest BCUT2D eigenvalue weighted by Crippen LogP contribution is 2.39. The summed E-state index contributed by atoms with van der Waals surface area (Å²) in [7, 11) is 2.45. The Kier molecular flexibility index (Phi) is 3.65. The van der Waals surface area contributed by atoms with Crippen LogP contribution in [0.4, 0.5) is 0 Å². The molecule has 0 spiro atoms. The monoisotopic (exact) mass is 280 g/mol. The predicted molar refractivity (Wildman–Crippen MR) is 76.9 cm³/mol. The highest BCUT2D eigenvalue weighted by atomic mass is 16.7. The molecule has 0 bridgehead atoms. The zero-order chi connectivity index (χ0) is 15.1. The van der Waals surface area contributed by atoms with E-state index in [4.69, 9.17) is 18.8 Å². The number of rotatable bonds is 3. The van der Waals surface area contributed by atoms with Gasteiger partial charge >= 0.3 is 7.12 Å². The van der Waals surface area contributed by atoms with Crippen molar-refractivity contribution < 1.29 is 23.9 Å². The average Bonchev–Trinajstić information content (AvgIpc) is 2.58. The maximum absolute atomic E-state index is 9.93. The number of hydrogen-bond acceptors (Lipinski definition) is 5. The number of ether oxygens (including phenoxy) is 2. The van der Waals surface area contributed by atoms with Gasteiger partial charge in [0.1, 0.15) is 0 Å². The summed E-state index contributed by atoms with van der Waals surface area (Å²) < 4.78 is 22.2. The Morgan fingerprint density at radius 1 is 0.950 bits per heavy atom. The summed E-state index contributed by atoms with van der Waals surface area (Å²) in [5, 5.41) is 9.93. The van der Waals surface area contributed by atoms with Crippen molar-refractivity contribution in [1.29, 1.82) is 0 Å². The summed E-state index contributed by atoms with van der Waals surface area (Å²) in [6, 6.07) is 3.39. The Hall–Kier alpha value is -1.40. The van der Waals surface area contributed by atoms with Crippen LogP contribution in [0.1, 0.15) is 27.7 Å². The molecule has 0 aliphatic carbocycles. The molecule has 1 saturated heterocycles. The molecule has 5 nitrogen and oxygen atoms in total. The molecule has 0 aromatic heterocycles. The molecule has 1 heterocycles. The molecule has 20 heavy (non-hydrogen) atoms. The van der Waals surface area contributed by atoms with E-state index in [1.54, 1.807) is 12.1 Å². The summed E-state index contributed by atoms with van der Waals surface area (Å²) in [6.45, 7) is 7.95. The average molecular weight is 280 g/mol. The van der Waals surface area contributed by atoms with Crippen LogP contribution >= 0.6 is 0 Å². The largest absolute Gasteiger partial charge is 0.502 e. The third kappa shape index (κ3) is 2.34. The molecular formula is C14H21BO5. The maximum Gasteiger partial charge on any atom is 0.495 e. The van der Waals surface area contributed by atoms with Crippen molar-refractivity contribution in [2.75, 3.05) is 14.2 Å². The second kappa shape index (κ2) is 4.86. The van der Waals surface area contributed by atoms with Gasteiger partial charge in [0.25, 0.3) is 0 Å². The van der Waals surface area contributed by atoms with E-state index in [9.17, 15) is 5.11 Å². The smallest absolute Gasteiger partial charge is 0.495 e. The fourth-order valence-electron chi connectivity index (χ4n) is 2.03. The maximum atomic E-state index is 9.93. The van der Waals surface area contributed by atoms with Crippen LogP contribution in [0.25, 0.3) is 0 Å².